The van der Waals surface area contributed by atoms with Crippen molar-refractivity contribution in [1.29, 1.82) is 0 Å². The second-order valence-electron chi connectivity index (χ2n) is 9.62. The number of aromatic nitrogens is 2. The summed E-state index contributed by atoms with van der Waals surface area (Å²) in [5.41, 5.74) is 4.07. The highest BCUT2D eigenvalue weighted by Gasteiger charge is 2.40. The average molecular weight is 488 g/mol. The van der Waals surface area contributed by atoms with E-state index in [0.717, 1.165) is 16.9 Å². The second kappa shape index (κ2) is 10.6. The Balaban J connectivity index is 1.36. The van der Waals surface area contributed by atoms with Gasteiger partial charge in [0, 0.05) is 43.3 Å². The minimum absolute atomic E-state index is 0.0121. The minimum Gasteiger partial charge on any atom is -0.352 e. The molecule has 2 N–H and O–H groups in total. The number of anilines is 1. The van der Waals surface area contributed by atoms with Gasteiger partial charge >= 0.3 is 0 Å². The molecule has 1 aromatic carbocycles. The van der Waals surface area contributed by atoms with E-state index in [2.05, 4.69) is 43.5 Å². The Hall–Kier alpha value is -3.19. The summed E-state index contributed by atoms with van der Waals surface area (Å²) < 4.78 is 2.38. The number of nitrogens with one attached hydrogen (secondary N) is 2. The summed E-state index contributed by atoms with van der Waals surface area (Å²) in [7, 11) is 0. The zero-order valence-electron chi connectivity index (χ0n) is 20.2. The van der Waals surface area contributed by atoms with Crippen LogP contribution in [0.2, 0.25) is 0 Å². The quantitative estimate of drug-likeness (QED) is 0.419. The molecular weight excluding hydrogens is 454 g/mol. The van der Waals surface area contributed by atoms with Crippen molar-refractivity contribution in [2.45, 2.75) is 63.6 Å². The van der Waals surface area contributed by atoms with Crippen molar-refractivity contribution in [2.24, 2.45) is 0 Å². The molecule has 1 aliphatic heterocycles. The molecule has 0 bridgehead atoms. The van der Waals surface area contributed by atoms with E-state index >= 15 is 0 Å². The molecule has 1 aliphatic carbocycles. The number of para-hydroxylation sites is 1. The number of hydrogen-bond acceptors (Lipinski definition) is 3. The Morgan fingerprint density at radius 2 is 1.91 bits per heavy atom. The van der Waals surface area contributed by atoms with Crippen molar-refractivity contribution in [2.75, 3.05) is 11.9 Å². The number of pyridine rings is 1. The molecule has 5 rings (SSSR count). The zero-order chi connectivity index (χ0) is 24.2. The SMILES string of the molecule is Cc1ccccc1NC(=O)CCN1C(=S)N[C@H](c2ccccn2)[C@@H]1c1ccn(C2CCCCC2)c1. The van der Waals surface area contributed by atoms with E-state index in [1.165, 1.54) is 37.7 Å². The van der Waals surface area contributed by atoms with Crippen LogP contribution in [0, 0.1) is 6.92 Å². The first-order valence-corrected chi connectivity index (χ1v) is 13.0. The summed E-state index contributed by atoms with van der Waals surface area (Å²) in [5, 5.41) is 7.21. The third-order valence-corrected chi connectivity index (χ3v) is 7.62. The zero-order valence-corrected chi connectivity index (χ0v) is 21.0. The molecule has 2 atom stereocenters. The van der Waals surface area contributed by atoms with Gasteiger partial charge in [0.15, 0.2) is 5.11 Å². The lowest BCUT2D eigenvalue weighted by Crippen LogP contribution is -2.32. The molecule has 2 aromatic heterocycles. The first-order valence-electron chi connectivity index (χ1n) is 12.6. The van der Waals surface area contributed by atoms with E-state index in [-0.39, 0.29) is 18.0 Å². The van der Waals surface area contributed by atoms with Gasteiger partial charge < -0.3 is 20.1 Å². The van der Waals surface area contributed by atoms with Gasteiger partial charge in [-0.3, -0.25) is 9.78 Å². The van der Waals surface area contributed by atoms with Crippen molar-refractivity contribution < 1.29 is 4.79 Å². The van der Waals surface area contributed by atoms with E-state index in [1.54, 1.807) is 0 Å². The Kier molecular flexibility index (Phi) is 7.13. The highest BCUT2D eigenvalue weighted by molar-refractivity contribution is 7.80. The molecule has 35 heavy (non-hydrogen) atoms. The third-order valence-electron chi connectivity index (χ3n) is 7.27. The second-order valence-corrected chi connectivity index (χ2v) is 10.0. The molecule has 6 nitrogen and oxygen atoms in total. The molecule has 1 saturated carbocycles. The van der Waals surface area contributed by atoms with Crippen LogP contribution in [0.3, 0.4) is 0 Å². The van der Waals surface area contributed by atoms with E-state index in [0.29, 0.717) is 24.1 Å². The van der Waals surface area contributed by atoms with Gasteiger partial charge in [-0.05, 0) is 67.4 Å². The average Bonchev–Trinajstić information content (AvgIpc) is 3.50. The first kappa shape index (κ1) is 23.5. The topological polar surface area (TPSA) is 62.2 Å². The third kappa shape index (κ3) is 5.25. The monoisotopic (exact) mass is 487 g/mol. The Morgan fingerprint density at radius 1 is 1.11 bits per heavy atom. The molecule has 182 valence electrons. The molecule has 2 aliphatic rings. The number of amides is 1. The van der Waals surface area contributed by atoms with Crippen LogP contribution in [0.4, 0.5) is 5.69 Å². The summed E-state index contributed by atoms with van der Waals surface area (Å²) >= 11 is 5.78. The number of hydrogen-bond donors (Lipinski definition) is 2. The van der Waals surface area contributed by atoms with Crippen molar-refractivity contribution in [3.8, 4) is 0 Å². The molecule has 1 amide bonds. The maximum Gasteiger partial charge on any atom is 0.226 e. The summed E-state index contributed by atoms with van der Waals surface area (Å²) in [6.45, 7) is 2.53. The lowest BCUT2D eigenvalue weighted by atomic mass is 9.95. The van der Waals surface area contributed by atoms with Crippen LogP contribution in [0.5, 0.6) is 0 Å². The highest BCUT2D eigenvalue weighted by atomic mass is 32.1. The number of carbonyl (C=O) groups is 1. The van der Waals surface area contributed by atoms with E-state index < -0.39 is 0 Å². The van der Waals surface area contributed by atoms with E-state index in [1.807, 2.05) is 55.6 Å². The Bertz CT molecular complexity index is 1170. The van der Waals surface area contributed by atoms with Gasteiger partial charge in [0.05, 0.1) is 17.8 Å². The lowest BCUT2D eigenvalue weighted by Gasteiger charge is -2.27. The van der Waals surface area contributed by atoms with Crippen LogP contribution in [0.1, 0.15) is 73.5 Å². The molecule has 0 unspecified atom stereocenters. The summed E-state index contributed by atoms with van der Waals surface area (Å²) in [6.07, 6.45) is 13.1. The summed E-state index contributed by atoms with van der Waals surface area (Å²) in [4.78, 5) is 19.6. The molecule has 0 radical (unpaired) electrons. The highest BCUT2D eigenvalue weighted by Crippen LogP contribution is 2.39. The smallest absolute Gasteiger partial charge is 0.226 e. The van der Waals surface area contributed by atoms with Gasteiger partial charge in [-0.1, -0.05) is 43.5 Å². The fourth-order valence-electron chi connectivity index (χ4n) is 5.37. The minimum atomic E-state index is -0.0645. The fraction of sp³-hybridized carbons (Fsp3) is 0.393. The first-order chi connectivity index (χ1) is 17.1. The maximum absolute atomic E-state index is 12.8. The standard InChI is InChI=1S/C28H33N5OS/c1-20-9-5-6-12-23(20)30-25(34)15-18-33-27(26(31-28(33)35)24-13-7-8-16-29-24)21-14-17-32(19-21)22-10-3-2-4-11-22/h5-9,12-14,16-17,19,22,26-27H,2-4,10-11,15,18H2,1H3,(H,30,34)(H,31,35)/t26-,27+/m1/s1. The number of rotatable bonds is 7. The van der Waals surface area contributed by atoms with Crippen LogP contribution < -0.4 is 10.6 Å². The van der Waals surface area contributed by atoms with Gasteiger partial charge in [-0.15, -0.1) is 0 Å². The lowest BCUT2D eigenvalue weighted by molar-refractivity contribution is -0.116. The van der Waals surface area contributed by atoms with Crippen LogP contribution in [0.25, 0.3) is 0 Å². The molecule has 0 spiro atoms. The van der Waals surface area contributed by atoms with Crippen LogP contribution in [-0.2, 0) is 4.79 Å². The Labute approximate surface area is 212 Å². The van der Waals surface area contributed by atoms with Crippen molar-refractivity contribution in [3.05, 3.63) is 83.9 Å². The number of benzene rings is 1. The summed E-state index contributed by atoms with van der Waals surface area (Å²) in [6, 6.07) is 16.5. The Morgan fingerprint density at radius 3 is 2.69 bits per heavy atom. The molecular formula is C28H33N5OS. The predicted molar refractivity (Wildman–Crippen MR) is 143 cm³/mol. The van der Waals surface area contributed by atoms with Crippen LogP contribution >= 0.6 is 12.2 Å². The van der Waals surface area contributed by atoms with Crippen molar-refractivity contribution in [3.63, 3.8) is 0 Å². The largest absolute Gasteiger partial charge is 0.352 e. The molecule has 2 fully saturated rings. The van der Waals surface area contributed by atoms with Gasteiger partial charge in [-0.25, -0.2) is 0 Å². The van der Waals surface area contributed by atoms with Gasteiger partial charge in [0.25, 0.3) is 0 Å². The van der Waals surface area contributed by atoms with Gasteiger partial charge in [0.1, 0.15) is 0 Å². The van der Waals surface area contributed by atoms with Gasteiger partial charge in [-0.2, -0.15) is 0 Å². The van der Waals surface area contributed by atoms with E-state index in [9.17, 15) is 4.79 Å². The molecule has 3 aromatic rings. The van der Waals surface area contributed by atoms with Gasteiger partial charge in [0.2, 0.25) is 5.91 Å². The number of thiocarbonyl (C=S) groups is 1. The fourth-order valence-corrected chi connectivity index (χ4v) is 5.70. The number of carbonyl (C=O) groups excluding carboxylic acids is 1. The normalized spacial score (nSPS) is 20.6. The molecule has 1 saturated heterocycles. The van der Waals surface area contributed by atoms with Crippen LogP contribution in [0.15, 0.2) is 67.1 Å². The van der Waals surface area contributed by atoms with Crippen LogP contribution in [-0.4, -0.2) is 32.0 Å². The molecule has 3 heterocycles. The van der Waals surface area contributed by atoms with Crippen molar-refractivity contribution in [1.82, 2.24) is 19.8 Å². The number of nitrogens with zero attached hydrogens (tertiary/aromatic N) is 3. The van der Waals surface area contributed by atoms with E-state index in [4.69, 9.17) is 12.2 Å². The summed E-state index contributed by atoms with van der Waals surface area (Å²) in [5.74, 6) is -0.0121. The molecule has 7 heteroatoms. The maximum atomic E-state index is 12.8. The van der Waals surface area contributed by atoms with Crippen molar-refractivity contribution >= 4 is 28.9 Å². The number of aryl methyl sites for hydroxylation is 1. The predicted octanol–water partition coefficient (Wildman–Crippen LogP) is 5.70.